The van der Waals surface area contributed by atoms with Crippen molar-refractivity contribution in [1.29, 1.82) is 0 Å². The number of fused-ring (bicyclic) bond motifs is 2. The standard InChI is InChI=1S/C26H30N2O5/c1-4-28-16-18(19-7-5-6-8-22(19)28)15-24-25(30)20-9-10-23(29)21(26(20)33-24)17-27(11-13-31-2)12-14-32-3/h5-10,15-16,29H,4,11-14,17H2,1-3H3/b24-15+. The van der Waals surface area contributed by atoms with Crippen molar-refractivity contribution >= 4 is 22.8 Å². The first kappa shape index (κ1) is 23.0. The first-order chi connectivity index (χ1) is 16.1. The van der Waals surface area contributed by atoms with E-state index in [4.69, 9.17) is 14.2 Å². The lowest BCUT2D eigenvalue weighted by atomic mass is 10.0. The van der Waals surface area contributed by atoms with E-state index < -0.39 is 0 Å². The van der Waals surface area contributed by atoms with Gasteiger partial charge in [-0.05, 0) is 25.1 Å². The van der Waals surface area contributed by atoms with Crippen molar-refractivity contribution in [2.45, 2.75) is 20.0 Å². The van der Waals surface area contributed by atoms with Crippen LogP contribution in [0.4, 0.5) is 0 Å². The van der Waals surface area contributed by atoms with Crippen molar-refractivity contribution in [3.63, 3.8) is 0 Å². The van der Waals surface area contributed by atoms with Crippen LogP contribution in [-0.2, 0) is 22.6 Å². The van der Waals surface area contributed by atoms with E-state index in [1.54, 1.807) is 26.4 Å². The Balaban J connectivity index is 1.67. The topological polar surface area (TPSA) is 77.2 Å². The van der Waals surface area contributed by atoms with Crippen LogP contribution in [0.25, 0.3) is 17.0 Å². The maximum Gasteiger partial charge on any atom is 0.231 e. The van der Waals surface area contributed by atoms with Crippen LogP contribution in [0.15, 0.2) is 48.4 Å². The maximum absolute atomic E-state index is 13.2. The number of carbonyl (C=O) groups excluding carboxylic acids is 1. The summed E-state index contributed by atoms with van der Waals surface area (Å²) in [5, 5.41) is 13.8. The molecule has 0 spiro atoms. The fourth-order valence-electron chi connectivity index (χ4n) is 4.29. The minimum absolute atomic E-state index is 0.127. The van der Waals surface area contributed by atoms with Gasteiger partial charge in [-0.25, -0.2) is 0 Å². The van der Waals surface area contributed by atoms with E-state index in [-0.39, 0.29) is 17.3 Å². The fraction of sp³-hybridized carbons (Fsp3) is 0.346. The third-order valence-corrected chi connectivity index (χ3v) is 6.09. The molecule has 0 fully saturated rings. The minimum atomic E-state index is -0.199. The van der Waals surface area contributed by atoms with E-state index in [0.717, 1.165) is 41.0 Å². The number of methoxy groups -OCH3 is 2. The predicted octanol–water partition coefficient (Wildman–Crippen LogP) is 2.03. The van der Waals surface area contributed by atoms with Crippen molar-refractivity contribution in [2.24, 2.45) is 0 Å². The van der Waals surface area contributed by atoms with Crippen molar-refractivity contribution in [3.8, 4) is 11.5 Å². The second kappa shape index (κ2) is 10.2. The monoisotopic (exact) mass is 450 g/mol. The third-order valence-electron chi connectivity index (χ3n) is 6.09. The number of rotatable bonds is 10. The molecule has 0 radical (unpaired) electrons. The van der Waals surface area contributed by atoms with Gasteiger partial charge in [0, 0.05) is 49.0 Å². The number of allylic oxidation sites excluding steroid dienone is 1. The van der Waals surface area contributed by atoms with Gasteiger partial charge in [0.25, 0.3) is 0 Å². The highest BCUT2D eigenvalue weighted by molar-refractivity contribution is 6.15. The van der Waals surface area contributed by atoms with E-state index in [2.05, 4.69) is 17.6 Å². The molecule has 0 saturated carbocycles. The average Bonchev–Trinajstić information content (AvgIpc) is 3.35. The minimum Gasteiger partial charge on any atom is -0.872 e. The smallest absolute Gasteiger partial charge is 0.231 e. The summed E-state index contributed by atoms with van der Waals surface area (Å²) in [6.07, 6.45) is 3.81. The quantitative estimate of drug-likeness (QED) is 0.479. The molecule has 0 aliphatic carbocycles. The van der Waals surface area contributed by atoms with Gasteiger partial charge in [-0.3, -0.25) is 4.79 Å². The maximum atomic E-state index is 13.2. The van der Waals surface area contributed by atoms with Crippen LogP contribution in [0.2, 0.25) is 0 Å². The molecule has 4 rings (SSSR count). The molecular weight excluding hydrogens is 420 g/mol. The number of aryl methyl sites for hydroxylation is 1. The Hall–Kier alpha value is -3.13. The van der Waals surface area contributed by atoms with Crippen molar-refractivity contribution in [1.82, 2.24) is 4.57 Å². The Labute approximate surface area is 193 Å². The molecule has 2 heterocycles. The van der Waals surface area contributed by atoms with Crippen LogP contribution in [0.1, 0.15) is 28.4 Å². The SMILES string of the molecule is CCn1cc(/C=C2/Oc3c(ccc([O-])c3C[NH+](CCOC)CCOC)C2=O)c2ccccc21. The zero-order valence-corrected chi connectivity index (χ0v) is 19.3. The fourth-order valence-corrected chi connectivity index (χ4v) is 4.29. The molecule has 0 amide bonds. The molecule has 3 aromatic rings. The molecule has 1 aliphatic rings. The summed E-state index contributed by atoms with van der Waals surface area (Å²) < 4.78 is 18.7. The number of ketones is 1. The van der Waals surface area contributed by atoms with Crippen LogP contribution in [0.3, 0.4) is 0 Å². The number of para-hydroxylation sites is 1. The Morgan fingerprint density at radius 2 is 1.82 bits per heavy atom. The number of aromatic nitrogens is 1. The third kappa shape index (κ3) is 4.66. The van der Waals surface area contributed by atoms with Gasteiger partial charge in [0.05, 0.1) is 18.8 Å². The van der Waals surface area contributed by atoms with Gasteiger partial charge >= 0.3 is 0 Å². The molecular formula is C26H30N2O5. The summed E-state index contributed by atoms with van der Waals surface area (Å²) in [5.41, 5.74) is 2.98. The number of quaternary nitrogens is 1. The van der Waals surface area contributed by atoms with E-state index in [0.29, 0.717) is 36.6 Å². The molecule has 33 heavy (non-hydrogen) atoms. The Morgan fingerprint density at radius 1 is 1.09 bits per heavy atom. The Kier molecular flexibility index (Phi) is 7.13. The molecule has 0 unspecified atom stereocenters. The van der Waals surface area contributed by atoms with Crippen molar-refractivity contribution in [3.05, 3.63) is 65.0 Å². The lowest BCUT2D eigenvalue weighted by Crippen LogP contribution is -3.11. The summed E-state index contributed by atoms with van der Waals surface area (Å²) in [5.74, 6) is 0.295. The van der Waals surface area contributed by atoms with E-state index >= 15 is 0 Å². The van der Waals surface area contributed by atoms with Gasteiger partial charge in [-0.2, -0.15) is 0 Å². The molecule has 0 saturated heterocycles. The van der Waals surface area contributed by atoms with Gasteiger partial charge in [0.1, 0.15) is 25.4 Å². The number of Topliss-reactive ketones (excluding diaryl/α,β-unsaturated/α-hetero) is 1. The lowest BCUT2D eigenvalue weighted by molar-refractivity contribution is -0.914. The zero-order chi connectivity index (χ0) is 23.4. The Morgan fingerprint density at radius 3 is 2.52 bits per heavy atom. The van der Waals surface area contributed by atoms with Crippen LogP contribution in [0, 0.1) is 0 Å². The van der Waals surface area contributed by atoms with Crippen LogP contribution >= 0.6 is 0 Å². The van der Waals surface area contributed by atoms with Gasteiger partial charge in [-0.15, -0.1) is 0 Å². The predicted molar refractivity (Wildman–Crippen MR) is 125 cm³/mol. The van der Waals surface area contributed by atoms with Crippen molar-refractivity contribution in [2.75, 3.05) is 40.5 Å². The van der Waals surface area contributed by atoms with Crippen LogP contribution < -0.4 is 14.7 Å². The number of hydrogen-bond acceptors (Lipinski definition) is 5. The zero-order valence-electron chi connectivity index (χ0n) is 19.3. The second-order valence-electron chi connectivity index (χ2n) is 8.16. The van der Waals surface area contributed by atoms with Gasteiger partial charge in [-0.1, -0.05) is 30.0 Å². The highest BCUT2D eigenvalue weighted by atomic mass is 16.5. The first-order valence-electron chi connectivity index (χ1n) is 11.2. The summed E-state index contributed by atoms with van der Waals surface area (Å²) in [4.78, 5) is 14.3. The summed E-state index contributed by atoms with van der Waals surface area (Å²) in [7, 11) is 3.31. The van der Waals surface area contributed by atoms with E-state index in [1.807, 2.05) is 24.4 Å². The van der Waals surface area contributed by atoms with Crippen LogP contribution in [-0.4, -0.2) is 50.9 Å². The number of hydrogen-bond donors (Lipinski definition) is 1. The van der Waals surface area contributed by atoms with Crippen molar-refractivity contribution < 1.29 is 29.0 Å². The normalized spacial score (nSPS) is 14.4. The van der Waals surface area contributed by atoms with Gasteiger partial charge in [0.2, 0.25) is 5.78 Å². The second-order valence-corrected chi connectivity index (χ2v) is 8.16. The average molecular weight is 451 g/mol. The molecule has 1 aliphatic heterocycles. The van der Waals surface area contributed by atoms with E-state index in [1.165, 1.54) is 6.07 Å². The Bertz CT molecular complexity index is 1170. The summed E-state index contributed by atoms with van der Waals surface area (Å²) in [6.45, 7) is 5.91. The van der Waals surface area contributed by atoms with Crippen LogP contribution in [0.5, 0.6) is 11.5 Å². The molecule has 0 bridgehead atoms. The molecule has 7 nitrogen and oxygen atoms in total. The van der Waals surface area contributed by atoms with Gasteiger partial charge < -0.3 is 28.8 Å². The molecule has 1 aromatic heterocycles. The molecule has 1 N–H and O–H groups in total. The number of carbonyl (C=O) groups is 1. The first-order valence-corrected chi connectivity index (χ1v) is 11.2. The lowest BCUT2D eigenvalue weighted by Gasteiger charge is -2.23. The summed E-state index contributed by atoms with van der Waals surface area (Å²) in [6, 6.07) is 11.1. The summed E-state index contributed by atoms with van der Waals surface area (Å²) >= 11 is 0. The number of ether oxygens (including phenoxy) is 3. The van der Waals surface area contributed by atoms with Gasteiger partial charge in [0.15, 0.2) is 5.76 Å². The number of nitrogens with one attached hydrogen (secondary N) is 1. The highest BCUT2D eigenvalue weighted by Crippen LogP contribution is 2.38. The van der Waals surface area contributed by atoms with E-state index in [9.17, 15) is 9.90 Å². The molecule has 0 atom stereocenters. The highest BCUT2D eigenvalue weighted by Gasteiger charge is 2.31. The number of nitrogens with zero attached hydrogens (tertiary/aromatic N) is 1. The molecule has 174 valence electrons. The molecule has 7 heteroatoms. The number of benzene rings is 2. The largest absolute Gasteiger partial charge is 0.872 e. The molecule has 2 aromatic carbocycles.